The molecular weight excluding hydrogens is 230 g/mol. The van der Waals surface area contributed by atoms with Crippen LogP contribution in [0.15, 0.2) is 11.1 Å². The van der Waals surface area contributed by atoms with Crippen LogP contribution in [0.5, 0.6) is 0 Å². The van der Waals surface area contributed by atoms with Gasteiger partial charge in [-0.05, 0) is 19.3 Å². The zero-order chi connectivity index (χ0) is 11.8. The van der Waals surface area contributed by atoms with Crippen molar-refractivity contribution in [1.29, 1.82) is 0 Å². The normalized spacial score (nSPS) is 22.8. The second kappa shape index (κ2) is 4.15. The molecule has 6 nitrogen and oxygen atoms in total. The van der Waals surface area contributed by atoms with E-state index in [1.54, 1.807) is 6.92 Å². The number of H-pyrrole nitrogens is 1. The predicted molar refractivity (Wildman–Crippen MR) is 57.3 cm³/mol. The van der Waals surface area contributed by atoms with E-state index in [1.807, 2.05) is 0 Å². The summed E-state index contributed by atoms with van der Waals surface area (Å²) in [6, 6.07) is 0. The predicted octanol–water partition coefficient (Wildman–Crippen LogP) is -0.279. The maximum atomic E-state index is 12.2. The van der Waals surface area contributed by atoms with E-state index in [1.165, 1.54) is 10.5 Å². The Morgan fingerprint density at radius 3 is 2.94 bits per heavy atom. The molecule has 0 radical (unpaired) electrons. The molecule has 0 bridgehead atoms. The van der Waals surface area contributed by atoms with Crippen LogP contribution in [-0.4, -0.2) is 47.7 Å². The fourth-order valence-electron chi connectivity index (χ4n) is 1.90. The highest BCUT2D eigenvalue weighted by molar-refractivity contribution is 7.89. The van der Waals surface area contributed by atoms with Crippen molar-refractivity contribution in [2.75, 3.05) is 19.7 Å². The standard InChI is InChI=1S/C9H15N3O3S/c1-7-9(4-10-11-7)16(14,15)12-3-2-8(5-12)6-13/h4,8,13H,2-3,5-6H2,1H3,(H,10,11). The van der Waals surface area contributed by atoms with E-state index >= 15 is 0 Å². The molecule has 2 rings (SSSR count). The molecule has 1 aliphatic rings. The van der Waals surface area contributed by atoms with Crippen molar-refractivity contribution < 1.29 is 13.5 Å². The number of nitrogens with zero attached hydrogens (tertiary/aromatic N) is 2. The van der Waals surface area contributed by atoms with Crippen LogP contribution >= 0.6 is 0 Å². The Balaban J connectivity index is 2.25. The van der Waals surface area contributed by atoms with Crippen LogP contribution in [0.2, 0.25) is 0 Å². The zero-order valence-corrected chi connectivity index (χ0v) is 9.87. The summed E-state index contributed by atoms with van der Waals surface area (Å²) in [6.45, 7) is 2.58. The topological polar surface area (TPSA) is 86.3 Å². The lowest BCUT2D eigenvalue weighted by Gasteiger charge is -2.15. The lowest BCUT2D eigenvalue weighted by Crippen LogP contribution is -2.29. The van der Waals surface area contributed by atoms with Gasteiger partial charge in [0, 0.05) is 19.7 Å². The second-order valence-electron chi connectivity index (χ2n) is 4.06. The molecule has 1 aliphatic heterocycles. The van der Waals surface area contributed by atoms with Crippen molar-refractivity contribution in [3.63, 3.8) is 0 Å². The van der Waals surface area contributed by atoms with Gasteiger partial charge in [-0.15, -0.1) is 0 Å². The first-order chi connectivity index (χ1) is 7.55. The molecule has 2 N–H and O–H groups in total. The fraction of sp³-hybridized carbons (Fsp3) is 0.667. The average molecular weight is 245 g/mol. The van der Waals surface area contributed by atoms with Crippen LogP contribution in [0, 0.1) is 12.8 Å². The van der Waals surface area contributed by atoms with Crippen molar-refractivity contribution in [3.05, 3.63) is 11.9 Å². The minimum absolute atomic E-state index is 0.0381. The SMILES string of the molecule is Cc1[nH]ncc1S(=O)(=O)N1CCC(CO)C1. The van der Waals surface area contributed by atoms with E-state index in [-0.39, 0.29) is 17.4 Å². The summed E-state index contributed by atoms with van der Waals surface area (Å²) in [5.74, 6) is 0.0574. The van der Waals surface area contributed by atoms with Gasteiger partial charge in [-0.3, -0.25) is 5.10 Å². The molecule has 1 atom stereocenters. The van der Waals surface area contributed by atoms with Gasteiger partial charge in [-0.25, -0.2) is 8.42 Å². The van der Waals surface area contributed by atoms with Crippen LogP contribution < -0.4 is 0 Å². The molecule has 0 saturated carbocycles. The molecule has 16 heavy (non-hydrogen) atoms. The van der Waals surface area contributed by atoms with Gasteiger partial charge in [0.25, 0.3) is 0 Å². The number of hydrogen-bond donors (Lipinski definition) is 2. The van der Waals surface area contributed by atoms with E-state index in [0.29, 0.717) is 25.2 Å². The molecule has 0 aliphatic carbocycles. The Morgan fingerprint density at radius 2 is 2.44 bits per heavy atom. The Hall–Kier alpha value is -0.920. The van der Waals surface area contributed by atoms with Gasteiger partial charge in [0.1, 0.15) is 4.90 Å². The van der Waals surface area contributed by atoms with Gasteiger partial charge in [0.2, 0.25) is 10.0 Å². The van der Waals surface area contributed by atoms with Gasteiger partial charge < -0.3 is 5.11 Å². The van der Waals surface area contributed by atoms with Gasteiger partial charge in [-0.2, -0.15) is 9.40 Å². The number of hydrogen-bond acceptors (Lipinski definition) is 4. The smallest absolute Gasteiger partial charge is 0.246 e. The van der Waals surface area contributed by atoms with Crippen LogP contribution in [0.1, 0.15) is 12.1 Å². The third-order valence-electron chi connectivity index (χ3n) is 2.91. The van der Waals surface area contributed by atoms with Crippen molar-refractivity contribution >= 4 is 10.0 Å². The van der Waals surface area contributed by atoms with E-state index in [4.69, 9.17) is 5.11 Å². The van der Waals surface area contributed by atoms with E-state index in [0.717, 1.165) is 0 Å². The van der Waals surface area contributed by atoms with Gasteiger partial charge >= 0.3 is 0 Å². The first-order valence-electron chi connectivity index (χ1n) is 5.16. The minimum Gasteiger partial charge on any atom is -0.396 e. The minimum atomic E-state index is -3.44. The largest absolute Gasteiger partial charge is 0.396 e. The molecule has 2 heterocycles. The summed E-state index contributed by atoms with van der Waals surface area (Å²) in [5.41, 5.74) is 0.549. The Morgan fingerprint density at radius 1 is 1.69 bits per heavy atom. The van der Waals surface area contributed by atoms with Crippen molar-refractivity contribution in [2.45, 2.75) is 18.2 Å². The van der Waals surface area contributed by atoms with Gasteiger partial charge in [0.15, 0.2) is 0 Å². The number of sulfonamides is 1. The van der Waals surface area contributed by atoms with Crippen LogP contribution in [-0.2, 0) is 10.0 Å². The lowest BCUT2D eigenvalue weighted by molar-refractivity contribution is 0.233. The molecule has 1 fully saturated rings. The molecule has 1 saturated heterocycles. The van der Waals surface area contributed by atoms with Crippen molar-refractivity contribution in [1.82, 2.24) is 14.5 Å². The summed E-state index contributed by atoms with van der Waals surface area (Å²) in [5, 5.41) is 15.3. The molecular formula is C9H15N3O3S. The molecule has 1 aromatic rings. The highest BCUT2D eigenvalue weighted by atomic mass is 32.2. The maximum Gasteiger partial charge on any atom is 0.246 e. The van der Waals surface area contributed by atoms with Crippen LogP contribution in [0.25, 0.3) is 0 Å². The summed E-state index contributed by atoms with van der Waals surface area (Å²) in [6.07, 6.45) is 2.05. The van der Waals surface area contributed by atoms with Crippen molar-refractivity contribution in [2.24, 2.45) is 5.92 Å². The van der Waals surface area contributed by atoms with Gasteiger partial charge in [-0.1, -0.05) is 0 Å². The zero-order valence-electron chi connectivity index (χ0n) is 9.05. The highest BCUT2D eigenvalue weighted by Gasteiger charge is 2.33. The first kappa shape index (κ1) is 11.6. The number of nitrogens with one attached hydrogen (secondary N) is 1. The molecule has 7 heteroatoms. The third-order valence-corrected chi connectivity index (χ3v) is 4.89. The Labute approximate surface area is 94.3 Å². The maximum absolute atomic E-state index is 12.2. The molecule has 1 unspecified atom stereocenters. The monoisotopic (exact) mass is 245 g/mol. The Kier molecular flexibility index (Phi) is 3.00. The molecule has 0 aromatic carbocycles. The second-order valence-corrected chi connectivity index (χ2v) is 5.97. The van der Waals surface area contributed by atoms with Crippen LogP contribution in [0.3, 0.4) is 0 Å². The summed E-state index contributed by atoms with van der Waals surface area (Å²) in [4.78, 5) is 0.228. The highest BCUT2D eigenvalue weighted by Crippen LogP contribution is 2.24. The third kappa shape index (κ3) is 1.85. The number of aliphatic hydroxyl groups is 1. The lowest BCUT2D eigenvalue weighted by atomic mass is 10.1. The summed E-state index contributed by atoms with van der Waals surface area (Å²) < 4.78 is 25.7. The van der Waals surface area contributed by atoms with E-state index < -0.39 is 10.0 Å². The number of aryl methyl sites for hydroxylation is 1. The van der Waals surface area contributed by atoms with Gasteiger partial charge in [0.05, 0.1) is 11.9 Å². The quantitative estimate of drug-likeness (QED) is 0.767. The number of aliphatic hydroxyl groups excluding tert-OH is 1. The molecule has 0 spiro atoms. The number of rotatable bonds is 3. The number of aromatic amines is 1. The van der Waals surface area contributed by atoms with E-state index in [2.05, 4.69) is 10.2 Å². The fourth-order valence-corrected chi connectivity index (χ4v) is 3.55. The number of aromatic nitrogens is 2. The van der Waals surface area contributed by atoms with Crippen LogP contribution in [0.4, 0.5) is 0 Å². The summed E-state index contributed by atoms with van der Waals surface area (Å²) >= 11 is 0. The van der Waals surface area contributed by atoms with E-state index in [9.17, 15) is 8.42 Å². The average Bonchev–Trinajstić information content (AvgIpc) is 2.85. The summed E-state index contributed by atoms with van der Waals surface area (Å²) in [7, 11) is -3.44. The first-order valence-corrected chi connectivity index (χ1v) is 6.60. The molecule has 0 amide bonds. The van der Waals surface area contributed by atoms with Crippen molar-refractivity contribution in [3.8, 4) is 0 Å². The Bertz CT molecular complexity index is 468. The molecule has 90 valence electrons. The molecule has 1 aromatic heterocycles.